The van der Waals surface area contributed by atoms with E-state index in [4.69, 9.17) is 18.7 Å². The molecule has 0 aliphatic rings. The molecule has 0 aliphatic carbocycles. The lowest BCUT2D eigenvalue weighted by atomic mass is 9.99. The zero-order valence-corrected chi connectivity index (χ0v) is 17.9. The van der Waals surface area contributed by atoms with Crippen LogP contribution in [0.25, 0.3) is 22.5 Å². The Hall–Kier alpha value is -4.00. The number of benzene rings is 3. The molecule has 0 saturated heterocycles. The minimum Gasteiger partial charge on any atom is -0.507 e. The predicted molar refractivity (Wildman–Crippen MR) is 118 cm³/mol. The molecular formula is C25H22FNO5. The highest BCUT2D eigenvalue weighted by Crippen LogP contribution is 2.42. The van der Waals surface area contributed by atoms with Gasteiger partial charge in [-0.05, 0) is 54.4 Å². The van der Waals surface area contributed by atoms with E-state index in [-0.39, 0.29) is 18.2 Å². The lowest BCUT2D eigenvalue weighted by Crippen LogP contribution is -1.95. The van der Waals surface area contributed by atoms with Gasteiger partial charge in [-0.2, -0.15) is 0 Å². The molecule has 1 N–H and O–H groups in total. The molecule has 164 valence electrons. The van der Waals surface area contributed by atoms with Crippen molar-refractivity contribution >= 4 is 0 Å². The van der Waals surface area contributed by atoms with Gasteiger partial charge in [0.1, 0.15) is 23.9 Å². The number of hydrogen-bond donors (Lipinski definition) is 1. The van der Waals surface area contributed by atoms with Crippen LogP contribution in [-0.4, -0.2) is 24.5 Å². The Balaban J connectivity index is 1.63. The van der Waals surface area contributed by atoms with E-state index in [2.05, 4.69) is 5.16 Å². The minimum atomic E-state index is -0.302. The van der Waals surface area contributed by atoms with E-state index in [9.17, 15) is 9.50 Å². The van der Waals surface area contributed by atoms with Crippen LogP contribution in [0, 0.1) is 12.7 Å². The fourth-order valence-electron chi connectivity index (χ4n) is 3.43. The second kappa shape index (κ2) is 9.01. The zero-order chi connectivity index (χ0) is 22.7. The summed E-state index contributed by atoms with van der Waals surface area (Å²) in [5.41, 5.74) is 3.51. The predicted octanol–water partition coefficient (Wildman–Crippen LogP) is 5.76. The first-order valence-corrected chi connectivity index (χ1v) is 9.89. The lowest BCUT2D eigenvalue weighted by molar-refractivity contribution is 0.304. The van der Waals surface area contributed by atoms with E-state index in [1.807, 2.05) is 19.1 Å². The maximum absolute atomic E-state index is 13.0. The standard InChI is InChI=1S/C25H22FNO5/c1-15-24(17-6-11-22(29-2)23(12-17)30-3)25(32-27-15)20-10-9-19(13-21(20)28)31-14-16-4-7-18(26)8-5-16/h4-13,28H,14H2,1-3H3. The number of rotatable bonds is 7. The van der Waals surface area contributed by atoms with Gasteiger partial charge in [-0.3, -0.25) is 0 Å². The fraction of sp³-hybridized carbons (Fsp3) is 0.160. The number of phenols is 1. The Morgan fingerprint density at radius 3 is 2.38 bits per heavy atom. The highest BCUT2D eigenvalue weighted by molar-refractivity contribution is 5.84. The van der Waals surface area contributed by atoms with Gasteiger partial charge in [0, 0.05) is 6.07 Å². The molecule has 0 saturated carbocycles. The smallest absolute Gasteiger partial charge is 0.178 e. The average Bonchev–Trinajstić information content (AvgIpc) is 3.19. The SMILES string of the molecule is COc1ccc(-c2c(C)noc2-c2ccc(OCc3ccc(F)cc3)cc2O)cc1OC. The van der Waals surface area contributed by atoms with Crippen LogP contribution in [-0.2, 0) is 6.61 Å². The molecule has 1 aromatic heterocycles. The molecule has 0 atom stereocenters. The number of halogens is 1. The van der Waals surface area contributed by atoms with E-state index in [0.717, 1.165) is 16.7 Å². The number of aryl methyl sites for hydroxylation is 1. The highest BCUT2D eigenvalue weighted by atomic mass is 19.1. The molecule has 4 aromatic rings. The molecular weight excluding hydrogens is 413 g/mol. The van der Waals surface area contributed by atoms with Crippen molar-refractivity contribution in [1.29, 1.82) is 0 Å². The third-order valence-electron chi connectivity index (χ3n) is 5.07. The van der Waals surface area contributed by atoms with Crippen LogP contribution in [0.4, 0.5) is 4.39 Å². The van der Waals surface area contributed by atoms with Gasteiger partial charge in [-0.1, -0.05) is 23.4 Å². The largest absolute Gasteiger partial charge is 0.507 e. The van der Waals surface area contributed by atoms with Crippen molar-refractivity contribution in [3.63, 3.8) is 0 Å². The van der Waals surface area contributed by atoms with Crippen molar-refractivity contribution < 1.29 is 28.2 Å². The second-order valence-electron chi connectivity index (χ2n) is 7.14. The van der Waals surface area contributed by atoms with Crippen LogP contribution in [0.3, 0.4) is 0 Å². The van der Waals surface area contributed by atoms with Crippen molar-refractivity contribution in [2.75, 3.05) is 14.2 Å². The summed E-state index contributed by atoms with van der Waals surface area (Å²) in [6.45, 7) is 2.08. The van der Waals surface area contributed by atoms with Gasteiger partial charge in [0.05, 0.1) is 31.0 Å². The van der Waals surface area contributed by atoms with E-state index in [1.54, 1.807) is 44.6 Å². The number of phenolic OH excluding ortho intramolecular Hbond substituents is 1. The molecule has 3 aromatic carbocycles. The minimum absolute atomic E-state index is 0.0144. The summed E-state index contributed by atoms with van der Waals surface area (Å²) in [6.07, 6.45) is 0. The quantitative estimate of drug-likeness (QED) is 0.398. The number of hydrogen-bond acceptors (Lipinski definition) is 6. The van der Waals surface area contributed by atoms with Gasteiger partial charge in [0.25, 0.3) is 0 Å². The normalized spacial score (nSPS) is 10.8. The first-order valence-electron chi connectivity index (χ1n) is 9.89. The molecule has 1 heterocycles. The summed E-state index contributed by atoms with van der Waals surface area (Å²) in [6, 6.07) is 16.5. The number of aromatic nitrogens is 1. The van der Waals surface area contributed by atoms with Crippen molar-refractivity contribution in [2.45, 2.75) is 13.5 Å². The van der Waals surface area contributed by atoms with E-state index < -0.39 is 0 Å². The average molecular weight is 435 g/mol. The molecule has 0 aliphatic heterocycles. The lowest BCUT2D eigenvalue weighted by Gasteiger charge is -2.11. The van der Waals surface area contributed by atoms with Crippen molar-refractivity contribution in [3.05, 3.63) is 77.7 Å². The summed E-state index contributed by atoms with van der Waals surface area (Å²) in [4.78, 5) is 0. The van der Waals surface area contributed by atoms with Crippen LogP contribution < -0.4 is 14.2 Å². The first kappa shape index (κ1) is 21.2. The Bertz CT molecular complexity index is 1230. The van der Waals surface area contributed by atoms with Crippen LogP contribution in [0.2, 0.25) is 0 Å². The monoisotopic (exact) mass is 435 g/mol. The molecule has 0 spiro atoms. The number of aromatic hydroxyl groups is 1. The van der Waals surface area contributed by atoms with Crippen molar-refractivity contribution in [3.8, 4) is 45.4 Å². The van der Waals surface area contributed by atoms with Gasteiger partial charge >= 0.3 is 0 Å². The summed E-state index contributed by atoms with van der Waals surface area (Å²) >= 11 is 0. The van der Waals surface area contributed by atoms with Gasteiger partial charge in [0.15, 0.2) is 17.3 Å². The molecule has 0 unspecified atom stereocenters. The Kier molecular flexibility index (Phi) is 5.98. The van der Waals surface area contributed by atoms with E-state index in [0.29, 0.717) is 34.3 Å². The molecule has 32 heavy (non-hydrogen) atoms. The molecule has 4 rings (SSSR count). The van der Waals surface area contributed by atoms with Gasteiger partial charge in [-0.15, -0.1) is 0 Å². The fourth-order valence-corrected chi connectivity index (χ4v) is 3.43. The zero-order valence-electron chi connectivity index (χ0n) is 17.9. The summed E-state index contributed by atoms with van der Waals surface area (Å²) in [5, 5.41) is 14.8. The van der Waals surface area contributed by atoms with Crippen LogP contribution in [0.1, 0.15) is 11.3 Å². The van der Waals surface area contributed by atoms with E-state index in [1.165, 1.54) is 18.2 Å². The molecule has 6 nitrogen and oxygen atoms in total. The Morgan fingerprint density at radius 2 is 1.69 bits per heavy atom. The highest BCUT2D eigenvalue weighted by Gasteiger charge is 2.21. The van der Waals surface area contributed by atoms with Crippen molar-refractivity contribution in [2.24, 2.45) is 0 Å². The number of nitrogens with zero attached hydrogens (tertiary/aromatic N) is 1. The second-order valence-corrected chi connectivity index (χ2v) is 7.14. The maximum atomic E-state index is 13.0. The summed E-state index contributed by atoms with van der Waals surface area (Å²) in [7, 11) is 3.14. The number of ether oxygens (including phenoxy) is 3. The molecule has 0 amide bonds. The molecule has 7 heteroatoms. The maximum Gasteiger partial charge on any atom is 0.178 e. The van der Waals surface area contributed by atoms with E-state index >= 15 is 0 Å². The van der Waals surface area contributed by atoms with Gasteiger partial charge < -0.3 is 23.8 Å². The summed E-state index contributed by atoms with van der Waals surface area (Å²) < 4.78 is 35.1. The topological polar surface area (TPSA) is 74.0 Å². The van der Waals surface area contributed by atoms with Crippen LogP contribution in [0.5, 0.6) is 23.0 Å². The van der Waals surface area contributed by atoms with Gasteiger partial charge in [-0.25, -0.2) is 4.39 Å². The number of methoxy groups -OCH3 is 2. The van der Waals surface area contributed by atoms with Gasteiger partial charge in [0.2, 0.25) is 0 Å². The van der Waals surface area contributed by atoms with Crippen LogP contribution >= 0.6 is 0 Å². The summed E-state index contributed by atoms with van der Waals surface area (Å²) in [5.74, 6) is 1.77. The van der Waals surface area contributed by atoms with Crippen LogP contribution in [0.15, 0.2) is 65.2 Å². The third-order valence-corrected chi connectivity index (χ3v) is 5.07. The molecule has 0 fully saturated rings. The first-order chi connectivity index (χ1) is 15.5. The molecule has 0 bridgehead atoms. The van der Waals surface area contributed by atoms with Crippen molar-refractivity contribution in [1.82, 2.24) is 5.16 Å². The Labute approximate surface area is 184 Å². The molecule has 0 radical (unpaired) electrons. The Morgan fingerprint density at radius 1 is 0.938 bits per heavy atom. The third kappa shape index (κ3) is 4.23.